The second kappa shape index (κ2) is 9.94. The molecule has 0 bridgehead atoms. The first-order valence-electron chi connectivity index (χ1n) is 9.99. The molecule has 1 aromatic heterocycles. The number of hydrogen-bond acceptors (Lipinski definition) is 4. The molecule has 3 rings (SSSR count). The van der Waals surface area contributed by atoms with E-state index in [9.17, 15) is 27.6 Å². The molecule has 34 heavy (non-hydrogen) atoms. The van der Waals surface area contributed by atoms with E-state index in [2.05, 4.69) is 5.10 Å². The molecular formula is C23H23F3N2O6. The Morgan fingerprint density at radius 3 is 2.24 bits per heavy atom. The second-order valence-electron chi connectivity index (χ2n) is 8.20. The van der Waals surface area contributed by atoms with Gasteiger partial charge in [0.25, 0.3) is 0 Å². The van der Waals surface area contributed by atoms with Gasteiger partial charge in [0, 0.05) is 11.8 Å². The molecule has 0 spiro atoms. The highest BCUT2D eigenvalue weighted by atomic mass is 19.4. The molecule has 8 nitrogen and oxygen atoms in total. The summed E-state index contributed by atoms with van der Waals surface area (Å²) >= 11 is 0. The van der Waals surface area contributed by atoms with Gasteiger partial charge < -0.3 is 15.3 Å². The number of aliphatic carboxylic acids is 2. The van der Waals surface area contributed by atoms with E-state index in [0.717, 1.165) is 34.8 Å². The molecule has 0 aliphatic heterocycles. The quantitative estimate of drug-likeness (QED) is 0.567. The predicted molar refractivity (Wildman–Crippen MR) is 115 cm³/mol. The summed E-state index contributed by atoms with van der Waals surface area (Å²) in [5, 5.41) is 30.5. The SMILES string of the molecule is CC(C)C1=CC(C)(C(=O)O)CC(C(=O)O)=C1.O=C(O)c1cnn(-c2cccc(C(F)(F)F)c2)c1. The van der Waals surface area contributed by atoms with E-state index < -0.39 is 35.1 Å². The molecule has 0 saturated heterocycles. The van der Waals surface area contributed by atoms with Crippen LogP contribution in [0.15, 0.2) is 60.0 Å². The summed E-state index contributed by atoms with van der Waals surface area (Å²) in [4.78, 5) is 32.7. The van der Waals surface area contributed by atoms with Crippen LogP contribution in [0, 0.1) is 11.3 Å². The highest BCUT2D eigenvalue weighted by Gasteiger charge is 2.36. The second-order valence-corrected chi connectivity index (χ2v) is 8.20. The minimum Gasteiger partial charge on any atom is -0.481 e. The number of carbonyl (C=O) groups is 3. The maximum Gasteiger partial charge on any atom is 0.416 e. The first kappa shape index (κ1) is 26.4. The lowest BCUT2D eigenvalue weighted by atomic mass is 9.76. The Labute approximate surface area is 192 Å². The van der Waals surface area contributed by atoms with Gasteiger partial charge in [-0.3, -0.25) is 4.79 Å². The average Bonchev–Trinajstić information content (AvgIpc) is 3.24. The topological polar surface area (TPSA) is 130 Å². The number of rotatable bonds is 5. The van der Waals surface area contributed by atoms with Crippen molar-refractivity contribution in [3.63, 3.8) is 0 Å². The summed E-state index contributed by atoms with van der Waals surface area (Å²) in [5.41, 5.74) is -0.927. The molecule has 1 atom stereocenters. The molecule has 1 heterocycles. The van der Waals surface area contributed by atoms with Crippen LogP contribution < -0.4 is 0 Å². The van der Waals surface area contributed by atoms with Gasteiger partial charge in [0.1, 0.15) is 0 Å². The van der Waals surface area contributed by atoms with E-state index in [0.29, 0.717) is 0 Å². The number of allylic oxidation sites excluding steroid dienone is 2. The molecule has 0 radical (unpaired) electrons. The van der Waals surface area contributed by atoms with Gasteiger partial charge >= 0.3 is 24.1 Å². The van der Waals surface area contributed by atoms with Crippen molar-refractivity contribution in [3.8, 4) is 5.69 Å². The summed E-state index contributed by atoms with van der Waals surface area (Å²) in [6.45, 7) is 5.37. The van der Waals surface area contributed by atoms with E-state index in [1.165, 1.54) is 12.1 Å². The van der Waals surface area contributed by atoms with E-state index in [4.69, 9.17) is 15.3 Å². The zero-order valence-corrected chi connectivity index (χ0v) is 18.5. The number of carboxylic acid groups (broad SMARTS) is 3. The van der Waals surface area contributed by atoms with Crippen LogP contribution in [0.5, 0.6) is 0 Å². The summed E-state index contributed by atoms with van der Waals surface area (Å²) in [6, 6.07) is 4.48. The largest absolute Gasteiger partial charge is 0.481 e. The van der Waals surface area contributed by atoms with Gasteiger partial charge in [-0.15, -0.1) is 0 Å². The van der Waals surface area contributed by atoms with Crippen molar-refractivity contribution < 1.29 is 42.9 Å². The number of benzene rings is 1. The average molecular weight is 480 g/mol. The van der Waals surface area contributed by atoms with Crippen molar-refractivity contribution in [1.82, 2.24) is 9.78 Å². The number of carboxylic acids is 3. The van der Waals surface area contributed by atoms with Crippen LogP contribution in [-0.4, -0.2) is 43.0 Å². The zero-order valence-electron chi connectivity index (χ0n) is 18.5. The van der Waals surface area contributed by atoms with Crippen molar-refractivity contribution in [2.24, 2.45) is 11.3 Å². The van der Waals surface area contributed by atoms with Crippen molar-refractivity contribution in [2.45, 2.75) is 33.4 Å². The molecule has 1 aromatic carbocycles. The van der Waals surface area contributed by atoms with Gasteiger partial charge in [-0.05, 0) is 49.1 Å². The molecule has 2 aromatic rings. The Hall–Kier alpha value is -3.89. The number of halogens is 3. The fraction of sp³-hybridized carbons (Fsp3) is 0.304. The number of aromatic carboxylic acids is 1. The molecule has 1 unspecified atom stereocenters. The van der Waals surface area contributed by atoms with Gasteiger partial charge in [-0.25, -0.2) is 14.3 Å². The molecule has 1 aliphatic rings. The van der Waals surface area contributed by atoms with E-state index >= 15 is 0 Å². The normalized spacial score (nSPS) is 17.9. The van der Waals surface area contributed by atoms with Crippen LogP contribution in [0.4, 0.5) is 13.2 Å². The summed E-state index contributed by atoms with van der Waals surface area (Å²) in [7, 11) is 0. The van der Waals surface area contributed by atoms with Gasteiger partial charge in [-0.1, -0.05) is 26.0 Å². The highest BCUT2D eigenvalue weighted by molar-refractivity contribution is 5.90. The summed E-state index contributed by atoms with van der Waals surface area (Å²) in [6.07, 6.45) is 1.05. The molecule has 0 amide bonds. The van der Waals surface area contributed by atoms with Gasteiger partial charge in [0.2, 0.25) is 0 Å². The van der Waals surface area contributed by atoms with Crippen LogP contribution in [0.3, 0.4) is 0 Å². The highest BCUT2D eigenvalue weighted by Crippen LogP contribution is 2.36. The third-order valence-corrected chi connectivity index (χ3v) is 5.08. The Kier molecular flexibility index (Phi) is 7.71. The van der Waals surface area contributed by atoms with Crippen molar-refractivity contribution in [1.29, 1.82) is 0 Å². The van der Waals surface area contributed by atoms with Crippen LogP contribution in [-0.2, 0) is 15.8 Å². The maximum absolute atomic E-state index is 12.5. The molecule has 1 aliphatic carbocycles. The molecule has 3 N–H and O–H groups in total. The van der Waals surface area contributed by atoms with Crippen molar-refractivity contribution in [2.75, 3.05) is 0 Å². The summed E-state index contributed by atoms with van der Waals surface area (Å²) in [5.74, 6) is -3.10. The lowest BCUT2D eigenvalue weighted by Crippen LogP contribution is -2.30. The zero-order chi connectivity index (χ0) is 25.8. The van der Waals surface area contributed by atoms with Crippen molar-refractivity contribution in [3.05, 3.63) is 71.1 Å². The fourth-order valence-corrected chi connectivity index (χ4v) is 3.12. The number of hydrogen-bond donors (Lipinski definition) is 3. The van der Waals surface area contributed by atoms with Crippen LogP contribution in [0.25, 0.3) is 5.69 Å². The van der Waals surface area contributed by atoms with Crippen LogP contribution in [0.2, 0.25) is 0 Å². The standard InChI is InChI=1S/C12H16O4.C11H7F3N2O2/c1-7(2)8-4-9(10(13)14)6-12(3,5-8)11(15)16;12-11(13,14)8-2-1-3-9(4-8)16-6-7(5-15-16)10(17)18/h4-5,7H,6H2,1-3H3,(H,13,14)(H,15,16);1-6H,(H,17,18). The lowest BCUT2D eigenvalue weighted by molar-refractivity contribution is -0.145. The first-order valence-corrected chi connectivity index (χ1v) is 9.99. The monoisotopic (exact) mass is 480 g/mol. The molecule has 0 saturated carbocycles. The van der Waals surface area contributed by atoms with Crippen LogP contribution >= 0.6 is 0 Å². The summed E-state index contributed by atoms with van der Waals surface area (Å²) < 4.78 is 38.6. The predicted octanol–water partition coefficient (Wildman–Crippen LogP) is 4.66. The molecular weight excluding hydrogens is 457 g/mol. The third-order valence-electron chi connectivity index (χ3n) is 5.08. The first-order chi connectivity index (χ1) is 15.6. The Balaban J connectivity index is 0.000000242. The number of aromatic nitrogens is 2. The van der Waals surface area contributed by atoms with Gasteiger partial charge in [0.15, 0.2) is 0 Å². The smallest absolute Gasteiger partial charge is 0.416 e. The minimum absolute atomic E-state index is 0.0356. The minimum atomic E-state index is -4.45. The maximum atomic E-state index is 12.5. The molecule has 11 heteroatoms. The number of nitrogens with zero attached hydrogens (tertiary/aromatic N) is 2. The third kappa shape index (κ3) is 6.33. The fourth-order valence-electron chi connectivity index (χ4n) is 3.12. The van der Waals surface area contributed by atoms with Gasteiger partial charge in [0.05, 0.1) is 28.4 Å². The van der Waals surface area contributed by atoms with Crippen molar-refractivity contribution >= 4 is 17.9 Å². The molecule has 0 fully saturated rings. The Bertz CT molecular complexity index is 1160. The van der Waals surface area contributed by atoms with Gasteiger partial charge in [-0.2, -0.15) is 18.3 Å². The number of alkyl halides is 3. The van der Waals surface area contributed by atoms with Crippen LogP contribution in [0.1, 0.15) is 43.1 Å². The Morgan fingerprint density at radius 2 is 1.76 bits per heavy atom. The Morgan fingerprint density at radius 1 is 1.12 bits per heavy atom. The lowest BCUT2D eigenvalue weighted by Gasteiger charge is -2.27. The van der Waals surface area contributed by atoms with E-state index in [-0.39, 0.29) is 29.2 Å². The molecule has 182 valence electrons. The van der Waals surface area contributed by atoms with E-state index in [1.54, 1.807) is 19.1 Å². The van der Waals surface area contributed by atoms with E-state index in [1.807, 2.05) is 13.8 Å².